The van der Waals surface area contributed by atoms with Gasteiger partial charge in [-0.1, -0.05) is 184 Å². The Morgan fingerprint density at radius 3 is 1.22 bits per heavy atom. The first-order chi connectivity index (χ1) is 36.4. The van der Waals surface area contributed by atoms with Crippen molar-refractivity contribution < 1.29 is 0 Å². The van der Waals surface area contributed by atoms with Crippen LogP contribution in [0.1, 0.15) is 5.69 Å². The largest absolute Gasteiger partial charge is 0.309 e. The van der Waals surface area contributed by atoms with Gasteiger partial charge in [0.05, 0.1) is 44.5 Å². The van der Waals surface area contributed by atoms with Gasteiger partial charge in [-0.2, -0.15) is 0 Å². The number of nitrogens with zero attached hydrogens (tertiary/aromatic N) is 4. The van der Waals surface area contributed by atoms with Gasteiger partial charge in [0.1, 0.15) is 0 Å². The molecule has 0 saturated heterocycles. The molecule has 0 unspecified atom stereocenters. The molecule has 350 valence electrons. The molecule has 4 nitrogen and oxygen atoms in total. The van der Waals surface area contributed by atoms with E-state index in [9.17, 15) is 0 Å². The Kier molecular flexibility index (Phi) is 10.8. The number of para-hydroxylation sites is 4. The lowest BCUT2D eigenvalue weighted by Crippen LogP contribution is -2.00. The number of hydrogen-bond donors (Lipinski definition) is 0. The van der Waals surface area contributed by atoms with E-state index < -0.39 is 0 Å². The second kappa shape index (κ2) is 18.1. The highest BCUT2D eigenvalue weighted by atomic mass is 15.0. The first-order valence-corrected chi connectivity index (χ1v) is 25.0. The Balaban J connectivity index is 0.985. The molecule has 0 radical (unpaired) electrons. The van der Waals surface area contributed by atoms with E-state index in [-0.39, 0.29) is 0 Å². The van der Waals surface area contributed by atoms with E-state index >= 15 is 0 Å². The minimum absolute atomic E-state index is 0.802. The van der Waals surface area contributed by atoms with Gasteiger partial charge >= 0.3 is 0 Å². The molecule has 4 heteroatoms. The van der Waals surface area contributed by atoms with Crippen LogP contribution in [0.25, 0.3) is 116 Å². The number of aromatic nitrogens is 4. The second-order valence-corrected chi connectivity index (χ2v) is 18.9. The van der Waals surface area contributed by atoms with Crippen LogP contribution >= 0.6 is 0 Å². The summed E-state index contributed by atoms with van der Waals surface area (Å²) in [4.78, 5) is 0. The van der Waals surface area contributed by atoms with E-state index in [1.165, 1.54) is 54.7 Å². The lowest BCUT2D eigenvalue weighted by atomic mass is 10.0. The van der Waals surface area contributed by atoms with Gasteiger partial charge in [0.2, 0.25) is 0 Å². The van der Waals surface area contributed by atoms with Gasteiger partial charge in [-0.05, 0) is 130 Å². The zero-order valence-corrected chi connectivity index (χ0v) is 40.9. The quantitative estimate of drug-likeness (QED) is 0.109. The molecule has 0 saturated carbocycles. The van der Waals surface area contributed by atoms with Crippen molar-refractivity contribution in [3.63, 3.8) is 0 Å². The fourth-order valence-corrected chi connectivity index (χ4v) is 11.0. The lowest BCUT2D eigenvalue weighted by molar-refractivity contribution is 1.09. The topological polar surface area (TPSA) is 19.7 Å². The van der Waals surface area contributed by atoms with Gasteiger partial charge in [-0.25, -0.2) is 0 Å². The average molecular weight is 947 g/mol. The second-order valence-electron chi connectivity index (χ2n) is 18.9. The van der Waals surface area contributed by atoms with E-state index in [0.29, 0.717) is 0 Å². The van der Waals surface area contributed by atoms with Gasteiger partial charge in [-0.15, -0.1) is 0 Å². The molecular formula is C70H50N4. The molecule has 0 N–H and O–H groups in total. The van der Waals surface area contributed by atoms with Crippen LogP contribution in [-0.4, -0.2) is 18.3 Å². The van der Waals surface area contributed by atoms with Gasteiger partial charge in [-0.3, -0.25) is 0 Å². The predicted molar refractivity (Wildman–Crippen MR) is 315 cm³/mol. The van der Waals surface area contributed by atoms with Crippen LogP contribution in [0, 0.1) is 0 Å². The van der Waals surface area contributed by atoms with E-state index in [1.807, 2.05) is 24.3 Å². The lowest BCUT2D eigenvalue weighted by Gasteiger charge is -2.15. The maximum absolute atomic E-state index is 4.67. The molecule has 13 aromatic rings. The summed E-state index contributed by atoms with van der Waals surface area (Å²) in [6.07, 6.45) is 9.57. The maximum Gasteiger partial charge on any atom is 0.0542 e. The summed E-state index contributed by atoms with van der Waals surface area (Å²) in [5, 5.41) is 7.18. The minimum Gasteiger partial charge on any atom is -0.309 e. The molecule has 0 bridgehead atoms. The number of benzene rings is 9. The molecule has 0 aliphatic rings. The molecule has 9 aromatic carbocycles. The minimum atomic E-state index is 0.802. The molecule has 0 aliphatic heterocycles. The summed E-state index contributed by atoms with van der Waals surface area (Å²) in [7, 11) is 0. The van der Waals surface area contributed by atoms with E-state index in [1.54, 1.807) is 6.08 Å². The molecule has 4 heterocycles. The van der Waals surface area contributed by atoms with E-state index in [0.717, 1.165) is 78.2 Å². The smallest absolute Gasteiger partial charge is 0.0542 e. The Labute approximate surface area is 430 Å². The highest BCUT2D eigenvalue weighted by molar-refractivity contribution is 6.10. The SMILES string of the molecule is C=C/C=C\C(=C)C(=C)/C=C\C(=C)c1cc2cc3c(cc(-c4ccc(-c5ccccc5)cc4)n3-c3ccc(-n4c5ccccc5c5ccccc54)cc3)cc2n1-c1ccc(-n2c3ccccc3c3ccccc32)cc1. The summed E-state index contributed by atoms with van der Waals surface area (Å²) in [6.45, 7) is 17.0. The normalized spacial score (nSPS) is 11.9. The molecule has 0 spiro atoms. The standard InChI is InChI=1S/C70H50N4/c1-5-6-18-47(2)48(3)29-30-49(4)67-43-53-45-70-54(46-69(53)73(67)57-39-35-55(36-40-57)71-63-25-14-10-21-59(63)60-22-11-15-26-64(60)71)44-68(52-33-31-51(32-34-52)50-19-8-7-9-20-50)74(70)58-41-37-56(38-42-58)72-65-27-16-12-23-61(65)62-24-13-17-28-66(62)72/h5-46H,1-4H2/b18-6-,30-29-. The number of hydrogen-bond acceptors (Lipinski definition) is 0. The highest BCUT2D eigenvalue weighted by Gasteiger charge is 2.20. The Hall–Kier alpha value is -9.90. The summed E-state index contributed by atoms with van der Waals surface area (Å²) in [6, 6.07) is 81.4. The Morgan fingerprint density at radius 1 is 0.324 bits per heavy atom. The van der Waals surface area contributed by atoms with Crippen molar-refractivity contribution in [1.29, 1.82) is 0 Å². The van der Waals surface area contributed by atoms with E-state index in [2.05, 4.69) is 269 Å². The van der Waals surface area contributed by atoms with Gasteiger partial charge in [0, 0.05) is 55.1 Å². The molecule has 0 fully saturated rings. The molecule has 13 rings (SSSR count). The van der Waals surface area contributed by atoms with Crippen LogP contribution in [0.15, 0.2) is 292 Å². The van der Waals surface area contributed by atoms with Crippen LogP contribution in [0.5, 0.6) is 0 Å². The molecule has 0 aliphatic carbocycles. The van der Waals surface area contributed by atoms with Crippen molar-refractivity contribution in [3.05, 3.63) is 298 Å². The monoisotopic (exact) mass is 946 g/mol. The van der Waals surface area contributed by atoms with Crippen LogP contribution in [0.4, 0.5) is 0 Å². The summed E-state index contributed by atoms with van der Waals surface area (Å²) >= 11 is 0. The van der Waals surface area contributed by atoms with Crippen LogP contribution in [-0.2, 0) is 0 Å². The maximum atomic E-state index is 4.67. The molecule has 0 atom stereocenters. The van der Waals surface area contributed by atoms with Crippen molar-refractivity contribution >= 4 is 71.0 Å². The van der Waals surface area contributed by atoms with Crippen molar-refractivity contribution in [3.8, 4) is 45.1 Å². The fourth-order valence-electron chi connectivity index (χ4n) is 11.0. The van der Waals surface area contributed by atoms with Crippen molar-refractivity contribution in [2.45, 2.75) is 0 Å². The first-order valence-electron chi connectivity index (χ1n) is 25.0. The summed E-state index contributed by atoms with van der Waals surface area (Å²) < 4.78 is 9.50. The van der Waals surface area contributed by atoms with Crippen molar-refractivity contribution in [1.82, 2.24) is 18.3 Å². The van der Waals surface area contributed by atoms with Crippen LogP contribution in [0.3, 0.4) is 0 Å². The third-order valence-corrected chi connectivity index (χ3v) is 14.6. The molecule has 4 aromatic heterocycles. The van der Waals surface area contributed by atoms with Gasteiger partial charge in [0.25, 0.3) is 0 Å². The zero-order valence-electron chi connectivity index (χ0n) is 40.9. The van der Waals surface area contributed by atoms with Crippen molar-refractivity contribution in [2.24, 2.45) is 0 Å². The van der Waals surface area contributed by atoms with Crippen LogP contribution in [0.2, 0.25) is 0 Å². The third-order valence-electron chi connectivity index (χ3n) is 14.6. The summed E-state index contributed by atoms with van der Waals surface area (Å²) in [5.74, 6) is 0. The third kappa shape index (κ3) is 7.39. The van der Waals surface area contributed by atoms with Crippen LogP contribution < -0.4 is 0 Å². The number of rotatable bonds is 12. The zero-order chi connectivity index (χ0) is 49.9. The van der Waals surface area contributed by atoms with Gasteiger partial charge < -0.3 is 18.3 Å². The average Bonchev–Trinajstić information content (AvgIpc) is 4.23. The number of fused-ring (bicyclic) bond motifs is 8. The highest BCUT2D eigenvalue weighted by Crippen LogP contribution is 2.40. The number of allylic oxidation sites excluding steroid dienone is 8. The van der Waals surface area contributed by atoms with Gasteiger partial charge in [0.15, 0.2) is 0 Å². The Morgan fingerprint density at radius 2 is 0.716 bits per heavy atom. The first kappa shape index (κ1) is 44.1. The Bertz CT molecular complexity index is 4340. The molecular weight excluding hydrogens is 897 g/mol. The van der Waals surface area contributed by atoms with E-state index in [4.69, 9.17) is 0 Å². The molecule has 0 amide bonds. The predicted octanol–water partition coefficient (Wildman–Crippen LogP) is 18.5. The van der Waals surface area contributed by atoms with Crippen molar-refractivity contribution in [2.75, 3.05) is 0 Å². The molecule has 74 heavy (non-hydrogen) atoms. The summed E-state index contributed by atoms with van der Waals surface area (Å²) in [5.41, 5.74) is 19.3. The fraction of sp³-hybridized carbons (Fsp3) is 0.